The number of carbonyl (C=O) groups is 4. The zero-order chi connectivity index (χ0) is 26.6. The molecule has 0 saturated carbocycles. The fraction of sp³-hybridized carbons (Fsp3) is 0.857. The molecule has 1 fully saturated rings. The Kier molecular flexibility index (Phi) is 17.7. The van der Waals surface area contributed by atoms with E-state index < -0.39 is 18.0 Å². The van der Waals surface area contributed by atoms with E-state index in [9.17, 15) is 19.2 Å². The Morgan fingerprint density at radius 2 is 1.14 bits per heavy atom. The van der Waals surface area contributed by atoms with Crippen molar-refractivity contribution >= 4 is 23.8 Å². The maximum Gasteiger partial charge on any atom is 0.326 e. The van der Waals surface area contributed by atoms with E-state index in [1.54, 1.807) is 6.92 Å². The van der Waals surface area contributed by atoms with Gasteiger partial charge in [-0.2, -0.15) is 0 Å². The normalized spacial score (nSPS) is 15.0. The summed E-state index contributed by atoms with van der Waals surface area (Å²) in [5.74, 6) is -1.94. The molecule has 0 unspecified atom stereocenters. The van der Waals surface area contributed by atoms with Crippen molar-refractivity contribution in [3.8, 4) is 0 Å². The summed E-state index contributed by atoms with van der Waals surface area (Å²) in [6.07, 6.45) is 18.7. The minimum absolute atomic E-state index is 0.174. The number of likely N-dealkylation sites (tertiary alicyclic amines) is 1. The van der Waals surface area contributed by atoms with Gasteiger partial charge in [-0.1, -0.05) is 84.0 Å². The van der Waals surface area contributed by atoms with Gasteiger partial charge in [0.05, 0.1) is 0 Å². The number of unbranched alkanes of at least 4 members (excludes halogenated alkanes) is 13. The molecule has 0 aromatic carbocycles. The molecule has 8 heteroatoms. The molecular formula is C28H50N2O6. The molecular weight excluding hydrogens is 460 g/mol. The molecule has 1 heterocycles. The van der Waals surface area contributed by atoms with Gasteiger partial charge in [-0.15, -0.1) is 0 Å². The van der Waals surface area contributed by atoms with Gasteiger partial charge in [0.15, 0.2) is 0 Å². The number of nitrogens with zero attached hydrogens (tertiary/aromatic N) is 1. The minimum atomic E-state index is -1.01. The van der Waals surface area contributed by atoms with E-state index in [1.165, 1.54) is 57.8 Å². The first kappa shape index (κ1) is 31.9. The van der Waals surface area contributed by atoms with Crippen LogP contribution in [0.2, 0.25) is 0 Å². The second-order valence-corrected chi connectivity index (χ2v) is 10.3. The minimum Gasteiger partial charge on any atom is -0.481 e. The number of hydrogen-bond acceptors (Lipinski definition) is 4. The number of carboxylic acid groups (broad SMARTS) is 2. The summed E-state index contributed by atoms with van der Waals surface area (Å²) < 4.78 is 0. The lowest BCUT2D eigenvalue weighted by Crippen LogP contribution is -2.47. The molecule has 0 aromatic heterocycles. The third kappa shape index (κ3) is 15.1. The number of rotatable bonds is 21. The summed E-state index contributed by atoms with van der Waals surface area (Å²) >= 11 is 0. The maximum absolute atomic E-state index is 12.5. The summed E-state index contributed by atoms with van der Waals surface area (Å²) in [6, 6.07) is -0.837. The Balaban J connectivity index is 1.93. The van der Waals surface area contributed by atoms with E-state index in [2.05, 4.69) is 5.32 Å². The van der Waals surface area contributed by atoms with Crippen LogP contribution < -0.4 is 5.32 Å². The number of amides is 2. The van der Waals surface area contributed by atoms with Crippen molar-refractivity contribution < 1.29 is 29.4 Å². The summed E-state index contributed by atoms with van der Waals surface area (Å²) in [5.41, 5.74) is 0. The largest absolute Gasteiger partial charge is 0.481 e. The Bertz CT molecular complexity index is 646. The highest BCUT2D eigenvalue weighted by molar-refractivity contribution is 5.85. The van der Waals surface area contributed by atoms with Gasteiger partial charge in [0, 0.05) is 31.8 Å². The Hall–Kier alpha value is -2.12. The molecule has 1 aliphatic heterocycles. The van der Waals surface area contributed by atoms with Gasteiger partial charge in [-0.05, 0) is 32.1 Å². The van der Waals surface area contributed by atoms with Crippen LogP contribution in [0.5, 0.6) is 0 Å². The predicted octanol–water partition coefficient (Wildman–Crippen LogP) is 5.53. The smallest absolute Gasteiger partial charge is 0.326 e. The number of aliphatic carboxylic acids is 2. The number of nitrogens with one attached hydrogen (secondary N) is 1. The van der Waals surface area contributed by atoms with Crippen molar-refractivity contribution in [2.75, 3.05) is 13.1 Å². The van der Waals surface area contributed by atoms with Crippen LogP contribution in [0.15, 0.2) is 0 Å². The molecule has 0 radical (unpaired) electrons. The van der Waals surface area contributed by atoms with E-state index in [0.29, 0.717) is 45.2 Å². The van der Waals surface area contributed by atoms with Gasteiger partial charge in [-0.3, -0.25) is 14.4 Å². The first-order chi connectivity index (χ1) is 17.3. The second-order valence-electron chi connectivity index (χ2n) is 10.3. The highest BCUT2D eigenvalue weighted by Gasteiger charge is 2.29. The van der Waals surface area contributed by atoms with Gasteiger partial charge >= 0.3 is 11.9 Å². The van der Waals surface area contributed by atoms with Crippen molar-refractivity contribution in [2.45, 2.75) is 135 Å². The van der Waals surface area contributed by atoms with Crippen LogP contribution in [0, 0.1) is 5.92 Å². The van der Waals surface area contributed by atoms with Gasteiger partial charge in [-0.25, -0.2) is 4.79 Å². The highest BCUT2D eigenvalue weighted by atomic mass is 16.4. The molecule has 1 saturated heterocycles. The highest BCUT2D eigenvalue weighted by Crippen LogP contribution is 2.20. The van der Waals surface area contributed by atoms with Crippen LogP contribution in [0.25, 0.3) is 0 Å². The van der Waals surface area contributed by atoms with Crippen LogP contribution in [0.3, 0.4) is 0 Å². The summed E-state index contributed by atoms with van der Waals surface area (Å²) in [6.45, 7) is 2.89. The average Bonchev–Trinajstić information content (AvgIpc) is 2.86. The van der Waals surface area contributed by atoms with Crippen LogP contribution in [0.1, 0.15) is 129 Å². The van der Waals surface area contributed by atoms with Crippen molar-refractivity contribution in [1.82, 2.24) is 10.2 Å². The van der Waals surface area contributed by atoms with E-state index in [4.69, 9.17) is 10.2 Å². The lowest BCUT2D eigenvalue weighted by molar-refractivity contribution is -0.143. The third-order valence-electron chi connectivity index (χ3n) is 7.27. The SMILES string of the molecule is CC[C@@H](NC(=O)C1CCN(C(=O)CCCCCCCCCCCCCCCCC(=O)O)CC1)C(=O)O. The topological polar surface area (TPSA) is 124 Å². The Morgan fingerprint density at radius 1 is 0.722 bits per heavy atom. The van der Waals surface area contributed by atoms with Crippen molar-refractivity contribution in [1.29, 1.82) is 0 Å². The third-order valence-corrected chi connectivity index (χ3v) is 7.27. The molecule has 36 heavy (non-hydrogen) atoms. The Labute approximate surface area is 217 Å². The quantitative estimate of drug-likeness (QED) is 0.174. The van der Waals surface area contributed by atoms with Crippen molar-refractivity contribution in [2.24, 2.45) is 5.92 Å². The van der Waals surface area contributed by atoms with Crippen LogP contribution in [0.4, 0.5) is 0 Å². The van der Waals surface area contributed by atoms with E-state index in [-0.39, 0.29) is 17.7 Å². The molecule has 2 amide bonds. The molecule has 1 rings (SSSR count). The van der Waals surface area contributed by atoms with E-state index in [1.807, 2.05) is 4.90 Å². The van der Waals surface area contributed by atoms with Crippen molar-refractivity contribution in [3.05, 3.63) is 0 Å². The molecule has 0 bridgehead atoms. The van der Waals surface area contributed by atoms with Gasteiger partial charge < -0.3 is 20.4 Å². The molecule has 208 valence electrons. The number of piperidine rings is 1. The molecule has 0 aliphatic carbocycles. The lowest BCUT2D eigenvalue weighted by Gasteiger charge is -2.32. The zero-order valence-corrected chi connectivity index (χ0v) is 22.5. The number of hydrogen-bond donors (Lipinski definition) is 3. The predicted molar refractivity (Wildman–Crippen MR) is 141 cm³/mol. The molecule has 3 N–H and O–H groups in total. The summed E-state index contributed by atoms with van der Waals surface area (Å²) in [5, 5.41) is 20.3. The zero-order valence-electron chi connectivity index (χ0n) is 22.5. The molecule has 1 atom stereocenters. The fourth-order valence-corrected chi connectivity index (χ4v) is 4.85. The second kappa shape index (κ2) is 20.0. The summed E-state index contributed by atoms with van der Waals surface area (Å²) in [4.78, 5) is 48.2. The van der Waals surface area contributed by atoms with Gasteiger partial charge in [0.1, 0.15) is 6.04 Å². The van der Waals surface area contributed by atoms with E-state index in [0.717, 1.165) is 32.1 Å². The molecule has 0 spiro atoms. The van der Waals surface area contributed by atoms with Crippen LogP contribution in [-0.2, 0) is 19.2 Å². The van der Waals surface area contributed by atoms with Crippen LogP contribution >= 0.6 is 0 Å². The first-order valence-corrected chi connectivity index (χ1v) is 14.4. The fourth-order valence-electron chi connectivity index (χ4n) is 4.85. The van der Waals surface area contributed by atoms with Gasteiger partial charge in [0.2, 0.25) is 11.8 Å². The van der Waals surface area contributed by atoms with Crippen LogP contribution in [-0.4, -0.2) is 58.0 Å². The first-order valence-electron chi connectivity index (χ1n) is 14.4. The Morgan fingerprint density at radius 3 is 1.53 bits per heavy atom. The number of carbonyl (C=O) groups excluding carboxylic acids is 2. The lowest BCUT2D eigenvalue weighted by atomic mass is 9.95. The number of carboxylic acids is 2. The maximum atomic E-state index is 12.5. The summed E-state index contributed by atoms with van der Waals surface area (Å²) in [7, 11) is 0. The van der Waals surface area contributed by atoms with E-state index >= 15 is 0 Å². The average molecular weight is 511 g/mol. The monoisotopic (exact) mass is 510 g/mol. The van der Waals surface area contributed by atoms with Gasteiger partial charge in [0.25, 0.3) is 0 Å². The van der Waals surface area contributed by atoms with Crippen molar-refractivity contribution in [3.63, 3.8) is 0 Å². The molecule has 0 aromatic rings. The standard InChI is InChI=1S/C28H50N2O6/c1-2-24(28(35)36)29-27(34)23-19-21-30(22-20-23)25(31)17-15-13-11-9-7-5-3-4-6-8-10-12-14-16-18-26(32)33/h23-24H,2-22H2,1H3,(H,29,34)(H,32,33)(H,35,36)/t24-/m1/s1. The molecule has 8 nitrogen and oxygen atoms in total. The molecule has 1 aliphatic rings.